The van der Waals surface area contributed by atoms with Crippen LogP contribution in [0, 0.1) is 0 Å². The third-order valence-corrected chi connectivity index (χ3v) is 4.72. The Morgan fingerprint density at radius 1 is 0.913 bits per heavy atom. The van der Waals surface area contributed by atoms with Crippen LogP contribution >= 0.6 is 11.8 Å². The number of rotatable bonds is 6. The molecule has 1 aromatic heterocycles. The number of imidazole rings is 1. The predicted octanol–water partition coefficient (Wildman–Crippen LogP) is 5.42. The third kappa shape index (κ3) is 4.26. The van der Waals surface area contributed by atoms with Gasteiger partial charge in [0.05, 0.1) is 5.69 Å². The van der Waals surface area contributed by atoms with Gasteiger partial charge in [-0.3, -0.25) is 0 Å². The maximum Gasteiger partial charge on any atom is 0.166 e. The van der Waals surface area contributed by atoms with Crippen LogP contribution in [0.3, 0.4) is 0 Å². The van der Waals surface area contributed by atoms with Crippen molar-refractivity contribution in [2.24, 2.45) is 0 Å². The highest BCUT2D eigenvalue weighted by molar-refractivity contribution is 7.98. The number of nitrogens with one attached hydrogen (secondary N) is 1. The zero-order valence-electron chi connectivity index (χ0n) is 13.6. The van der Waals surface area contributed by atoms with E-state index in [0.717, 1.165) is 17.3 Å². The molecule has 3 rings (SSSR count). The van der Waals surface area contributed by atoms with Gasteiger partial charge in [0.15, 0.2) is 5.16 Å². The van der Waals surface area contributed by atoms with Crippen molar-refractivity contribution in [3.8, 4) is 0 Å². The molecule has 0 spiro atoms. The molecule has 3 aromatic rings. The Balaban J connectivity index is 1.76. The first-order chi connectivity index (χ1) is 11.2. The van der Waals surface area contributed by atoms with Crippen LogP contribution < -0.4 is 0 Å². The van der Waals surface area contributed by atoms with Gasteiger partial charge in [-0.05, 0) is 17.0 Å². The molecule has 0 fully saturated rings. The van der Waals surface area contributed by atoms with Gasteiger partial charge in [0.25, 0.3) is 0 Å². The summed E-state index contributed by atoms with van der Waals surface area (Å²) >= 11 is 1.77. The van der Waals surface area contributed by atoms with E-state index in [4.69, 9.17) is 4.98 Å². The Bertz CT molecular complexity index is 733. The second-order valence-corrected chi connectivity index (χ2v) is 6.96. The SMILES string of the molecule is CC(C)c1nc(SCc2ccccc2)[nH]c1Cc1ccccc1. The lowest BCUT2D eigenvalue weighted by Crippen LogP contribution is -1.96. The summed E-state index contributed by atoms with van der Waals surface area (Å²) < 4.78 is 0. The third-order valence-electron chi connectivity index (χ3n) is 3.78. The van der Waals surface area contributed by atoms with Gasteiger partial charge < -0.3 is 4.98 Å². The van der Waals surface area contributed by atoms with Crippen LogP contribution in [-0.4, -0.2) is 9.97 Å². The summed E-state index contributed by atoms with van der Waals surface area (Å²) in [5, 5.41) is 1.02. The quantitative estimate of drug-likeness (QED) is 0.614. The minimum atomic E-state index is 0.427. The van der Waals surface area contributed by atoms with Gasteiger partial charge in [0, 0.05) is 17.9 Å². The lowest BCUT2D eigenvalue weighted by Gasteiger charge is -2.05. The summed E-state index contributed by atoms with van der Waals surface area (Å²) in [6.07, 6.45) is 0.910. The minimum absolute atomic E-state index is 0.427. The summed E-state index contributed by atoms with van der Waals surface area (Å²) in [5.41, 5.74) is 5.06. The Hall–Kier alpha value is -2.00. The Kier molecular flexibility index (Phi) is 5.19. The molecular weight excluding hydrogens is 300 g/mol. The normalized spacial score (nSPS) is 11.1. The van der Waals surface area contributed by atoms with Gasteiger partial charge in [-0.1, -0.05) is 86.3 Å². The average Bonchev–Trinajstić information content (AvgIpc) is 2.98. The van der Waals surface area contributed by atoms with Crippen molar-refractivity contribution in [3.63, 3.8) is 0 Å². The number of hydrogen-bond donors (Lipinski definition) is 1. The molecule has 2 aromatic carbocycles. The molecule has 0 atom stereocenters. The molecule has 23 heavy (non-hydrogen) atoms. The van der Waals surface area contributed by atoms with E-state index >= 15 is 0 Å². The zero-order chi connectivity index (χ0) is 16.1. The molecule has 3 heteroatoms. The predicted molar refractivity (Wildman–Crippen MR) is 97.9 cm³/mol. The Morgan fingerprint density at radius 3 is 2.13 bits per heavy atom. The molecule has 0 aliphatic rings. The van der Waals surface area contributed by atoms with Crippen molar-refractivity contribution in [2.45, 2.75) is 37.1 Å². The molecule has 0 aliphatic heterocycles. The number of benzene rings is 2. The standard InChI is InChI=1S/C20H22N2S/c1-15(2)19-18(13-16-9-5-3-6-10-16)21-20(22-19)23-14-17-11-7-4-8-12-17/h3-12,15H,13-14H2,1-2H3,(H,21,22). The number of hydrogen-bond acceptors (Lipinski definition) is 2. The molecule has 0 amide bonds. The van der Waals surface area contributed by atoms with E-state index in [1.165, 1.54) is 22.5 Å². The maximum absolute atomic E-state index is 4.83. The van der Waals surface area contributed by atoms with E-state index in [-0.39, 0.29) is 0 Å². The zero-order valence-corrected chi connectivity index (χ0v) is 14.4. The number of aromatic nitrogens is 2. The molecule has 0 radical (unpaired) electrons. The summed E-state index contributed by atoms with van der Waals surface area (Å²) in [6, 6.07) is 21.1. The van der Waals surface area contributed by atoms with Crippen molar-refractivity contribution < 1.29 is 0 Å². The first-order valence-corrected chi connectivity index (χ1v) is 9.00. The fraction of sp³-hybridized carbons (Fsp3) is 0.250. The van der Waals surface area contributed by atoms with Gasteiger partial charge in [-0.15, -0.1) is 0 Å². The molecular formula is C20H22N2S. The van der Waals surface area contributed by atoms with Crippen LogP contribution in [0.15, 0.2) is 65.8 Å². The highest BCUT2D eigenvalue weighted by Gasteiger charge is 2.14. The summed E-state index contributed by atoms with van der Waals surface area (Å²) in [7, 11) is 0. The topological polar surface area (TPSA) is 28.7 Å². The lowest BCUT2D eigenvalue weighted by atomic mass is 10.0. The smallest absolute Gasteiger partial charge is 0.166 e. The van der Waals surface area contributed by atoms with Crippen LogP contribution in [0.25, 0.3) is 0 Å². The molecule has 0 bridgehead atoms. The monoisotopic (exact) mass is 322 g/mol. The molecule has 0 aliphatic carbocycles. The minimum Gasteiger partial charge on any atom is -0.336 e. The Labute approximate surface area is 142 Å². The number of aromatic amines is 1. The van der Waals surface area contributed by atoms with Gasteiger partial charge in [0.2, 0.25) is 0 Å². The fourth-order valence-corrected chi connectivity index (χ4v) is 3.46. The van der Waals surface area contributed by atoms with E-state index in [0.29, 0.717) is 5.92 Å². The van der Waals surface area contributed by atoms with Crippen LogP contribution in [0.1, 0.15) is 42.3 Å². The average molecular weight is 322 g/mol. The molecule has 0 saturated heterocycles. The number of H-pyrrole nitrogens is 1. The Morgan fingerprint density at radius 2 is 1.52 bits per heavy atom. The molecule has 1 heterocycles. The molecule has 1 N–H and O–H groups in total. The van der Waals surface area contributed by atoms with E-state index < -0.39 is 0 Å². The fourth-order valence-electron chi connectivity index (χ4n) is 2.60. The van der Waals surface area contributed by atoms with Gasteiger partial charge in [-0.25, -0.2) is 4.98 Å². The van der Waals surface area contributed by atoms with Crippen molar-refractivity contribution in [1.82, 2.24) is 9.97 Å². The first kappa shape index (κ1) is 15.9. The van der Waals surface area contributed by atoms with Crippen molar-refractivity contribution in [1.29, 1.82) is 0 Å². The van der Waals surface area contributed by atoms with Crippen LogP contribution in [0.5, 0.6) is 0 Å². The molecule has 0 unspecified atom stereocenters. The molecule has 0 saturated carbocycles. The molecule has 118 valence electrons. The van der Waals surface area contributed by atoms with E-state index in [1.54, 1.807) is 11.8 Å². The second kappa shape index (κ2) is 7.51. The molecule has 2 nitrogen and oxygen atoms in total. The van der Waals surface area contributed by atoms with Gasteiger partial charge in [0.1, 0.15) is 0 Å². The van der Waals surface area contributed by atoms with Crippen LogP contribution in [0.4, 0.5) is 0 Å². The summed E-state index contributed by atoms with van der Waals surface area (Å²) in [6.45, 7) is 4.41. The summed E-state index contributed by atoms with van der Waals surface area (Å²) in [5.74, 6) is 1.37. The second-order valence-electron chi connectivity index (χ2n) is 6.00. The number of thioether (sulfide) groups is 1. The van der Waals surface area contributed by atoms with Gasteiger partial charge >= 0.3 is 0 Å². The van der Waals surface area contributed by atoms with Crippen molar-refractivity contribution in [3.05, 3.63) is 83.2 Å². The highest BCUT2D eigenvalue weighted by atomic mass is 32.2. The summed E-state index contributed by atoms with van der Waals surface area (Å²) in [4.78, 5) is 8.36. The largest absolute Gasteiger partial charge is 0.336 e. The van der Waals surface area contributed by atoms with Crippen LogP contribution in [0.2, 0.25) is 0 Å². The maximum atomic E-state index is 4.83. The highest BCUT2D eigenvalue weighted by Crippen LogP contribution is 2.26. The van der Waals surface area contributed by atoms with Crippen LogP contribution in [-0.2, 0) is 12.2 Å². The lowest BCUT2D eigenvalue weighted by molar-refractivity contribution is 0.808. The number of nitrogens with zero attached hydrogens (tertiary/aromatic N) is 1. The van der Waals surface area contributed by atoms with E-state index in [2.05, 4.69) is 79.5 Å². The van der Waals surface area contributed by atoms with Gasteiger partial charge in [-0.2, -0.15) is 0 Å². The van der Waals surface area contributed by atoms with E-state index in [1.807, 2.05) is 0 Å². The van der Waals surface area contributed by atoms with Crippen molar-refractivity contribution in [2.75, 3.05) is 0 Å². The first-order valence-electron chi connectivity index (χ1n) is 8.02. The van der Waals surface area contributed by atoms with E-state index in [9.17, 15) is 0 Å². The van der Waals surface area contributed by atoms with Crippen molar-refractivity contribution >= 4 is 11.8 Å².